The van der Waals surface area contributed by atoms with Crippen molar-refractivity contribution in [2.45, 2.75) is 18.9 Å². The van der Waals surface area contributed by atoms with Crippen LogP contribution in [0.5, 0.6) is 5.75 Å². The summed E-state index contributed by atoms with van der Waals surface area (Å²) in [6.07, 6.45) is 0.507. The van der Waals surface area contributed by atoms with Gasteiger partial charge in [0.05, 0.1) is 12.7 Å². The zero-order valence-electron chi connectivity index (χ0n) is 11.5. The Hall–Kier alpha value is -2.63. The van der Waals surface area contributed by atoms with Crippen LogP contribution in [0.4, 0.5) is 0 Å². The van der Waals surface area contributed by atoms with Gasteiger partial charge in [-0.2, -0.15) is 0 Å². The molecule has 0 spiro atoms. The summed E-state index contributed by atoms with van der Waals surface area (Å²) in [5.41, 5.74) is 1.53. The van der Waals surface area contributed by atoms with Crippen LogP contribution < -0.4 is 10.1 Å². The topological polar surface area (TPSA) is 75.7 Å². The van der Waals surface area contributed by atoms with Gasteiger partial charge < -0.3 is 4.74 Å². The molecular weight excluding hydrogens is 272 g/mol. The maximum absolute atomic E-state index is 12.6. The lowest BCUT2D eigenvalue weighted by Gasteiger charge is -2.30. The molecule has 3 amide bonds. The maximum Gasteiger partial charge on any atom is 0.263 e. The zero-order valence-corrected chi connectivity index (χ0v) is 11.5. The van der Waals surface area contributed by atoms with Crippen LogP contribution in [0.1, 0.15) is 28.8 Å². The van der Waals surface area contributed by atoms with E-state index in [1.54, 1.807) is 18.2 Å². The minimum Gasteiger partial charge on any atom is -0.496 e. The summed E-state index contributed by atoms with van der Waals surface area (Å²) in [6, 6.07) is 4.52. The Kier molecular flexibility index (Phi) is 3.01. The second-order valence-electron chi connectivity index (χ2n) is 4.97. The predicted molar refractivity (Wildman–Crippen MR) is 74.4 cm³/mol. The highest BCUT2D eigenvalue weighted by molar-refractivity contribution is 6.14. The number of piperidine rings is 1. The summed E-state index contributed by atoms with van der Waals surface area (Å²) in [5, 5.41) is 2.26. The van der Waals surface area contributed by atoms with Crippen molar-refractivity contribution in [1.82, 2.24) is 10.2 Å². The summed E-state index contributed by atoms with van der Waals surface area (Å²) in [4.78, 5) is 37.2. The first-order valence-electron chi connectivity index (χ1n) is 6.58. The van der Waals surface area contributed by atoms with E-state index in [-0.39, 0.29) is 18.2 Å². The molecule has 6 heteroatoms. The molecule has 2 heterocycles. The standard InChI is InChI=1S/C15H14N2O4/c1-8-9-4-3-5-11(21-2)13(9)15(20)17(8)10-6-7-12(18)16-14(10)19/h3-5,10H,1,6-7H2,2H3,(H,16,18,19). The second-order valence-corrected chi connectivity index (χ2v) is 4.97. The van der Waals surface area contributed by atoms with Gasteiger partial charge in [-0.25, -0.2) is 0 Å². The van der Waals surface area contributed by atoms with Gasteiger partial charge in [-0.15, -0.1) is 0 Å². The molecule has 6 nitrogen and oxygen atoms in total. The molecular formula is C15H14N2O4. The molecule has 108 valence electrons. The smallest absolute Gasteiger partial charge is 0.263 e. The van der Waals surface area contributed by atoms with Crippen LogP contribution in [-0.2, 0) is 9.59 Å². The van der Waals surface area contributed by atoms with E-state index in [0.717, 1.165) is 0 Å². The van der Waals surface area contributed by atoms with Gasteiger partial charge in [-0.1, -0.05) is 18.7 Å². The van der Waals surface area contributed by atoms with Crippen LogP contribution in [0.15, 0.2) is 24.8 Å². The van der Waals surface area contributed by atoms with Gasteiger partial charge in [-0.3, -0.25) is 24.6 Å². The van der Waals surface area contributed by atoms with Crippen molar-refractivity contribution in [3.8, 4) is 5.75 Å². The first-order valence-corrected chi connectivity index (χ1v) is 6.58. The number of nitrogens with zero attached hydrogens (tertiary/aromatic N) is 1. The zero-order chi connectivity index (χ0) is 15.1. The molecule has 1 fully saturated rings. The first kappa shape index (κ1) is 13.4. The number of methoxy groups -OCH3 is 1. The largest absolute Gasteiger partial charge is 0.496 e. The van der Waals surface area contributed by atoms with Crippen LogP contribution in [0.3, 0.4) is 0 Å². The summed E-state index contributed by atoms with van der Waals surface area (Å²) in [6.45, 7) is 3.92. The van der Waals surface area contributed by atoms with Crippen molar-refractivity contribution in [3.63, 3.8) is 0 Å². The number of amides is 3. The Morgan fingerprint density at radius 2 is 2.10 bits per heavy atom. The molecule has 1 unspecified atom stereocenters. The first-order chi connectivity index (χ1) is 10.0. The number of nitrogens with one attached hydrogen (secondary N) is 1. The van der Waals surface area contributed by atoms with Gasteiger partial charge in [0.2, 0.25) is 11.8 Å². The van der Waals surface area contributed by atoms with E-state index in [4.69, 9.17) is 4.74 Å². The van der Waals surface area contributed by atoms with E-state index in [2.05, 4.69) is 11.9 Å². The summed E-state index contributed by atoms with van der Waals surface area (Å²) in [5.74, 6) is -0.647. The lowest BCUT2D eigenvalue weighted by atomic mass is 10.0. The van der Waals surface area contributed by atoms with Crippen LogP contribution >= 0.6 is 0 Å². The van der Waals surface area contributed by atoms with E-state index in [1.807, 2.05) is 0 Å². The van der Waals surface area contributed by atoms with Gasteiger partial charge in [-0.05, 0) is 12.5 Å². The molecule has 2 aliphatic heterocycles. The fourth-order valence-corrected chi connectivity index (χ4v) is 2.79. The van der Waals surface area contributed by atoms with Gasteiger partial charge in [0, 0.05) is 17.7 Å². The fourth-order valence-electron chi connectivity index (χ4n) is 2.79. The molecule has 2 aliphatic rings. The van der Waals surface area contributed by atoms with Crippen molar-refractivity contribution >= 4 is 23.4 Å². The van der Waals surface area contributed by atoms with E-state index in [9.17, 15) is 14.4 Å². The third kappa shape index (κ3) is 1.91. The summed E-state index contributed by atoms with van der Waals surface area (Å²) in [7, 11) is 1.49. The summed E-state index contributed by atoms with van der Waals surface area (Å²) >= 11 is 0. The Balaban J connectivity index is 2.00. The quantitative estimate of drug-likeness (QED) is 0.821. The molecule has 1 aromatic carbocycles. The Morgan fingerprint density at radius 1 is 1.33 bits per heavy atom. The van der Waals surface area contributed by atoms with E-state index in [0.29, 0.717) is 29.0 Å². The number of carbonyl (C=O) groups is 3. The normalized spacial score (nSPS) is 21.4. The highest BCUT2D eigenvalue weighted by Crippen LogP contribution is 2.39. The number of hydrogen-bond donors (Lipinski definition) is 1. The molecule has 1 saturated heterocycles. The number of hydrogen-bond acceptors (Lipinski definition) is 4. The van der Waals surface area contributed by atoms with Crippen LogP contribution in [0.2, 0.25) is 0 Å². The lowest BCUT2D eigenvalue weighted by Crippen LogP contribution is -2.52. The Morgan fingerprint density at radius 3 is 2.76 bits per heavy atom. The predicted octanol–water partition coefficient (Wildman–Crippen LogP) is 0.927. The molecule has 1 aromatic rings. The van der Waals surface area contributed by atoms with Crippen LogP contribution in [0.25, 0.3) is 5.70 Å². The Bertz CT molecular complexity index is 680. The molecule has 21 heavy (non-hydrogen) atoms. The van der Waals surface area contributed by atoms with Crippen molar-refractivity contribution in [2.75, 3.05) is 7.11 Å². The molecule has 0 aliphatic carbocycles. The lowest BCUT2D eigenvalue weighted by molar-refractivity contribution is -0.136. The van der Waals surface area contributed by atoms with Crippen molar-refractivity contribution in [2.24, 2.45) is 0 Å². The van der Waals surface area contributed by atoms with Crippen molar-refractivity contribution in [1.29, 1.82) is 0 Å². The van der Waals surface area contributed by atoms with Gasteiger partial charge in [0.15, 0.2) is 0 Å². The number of carbonyl (C=O) groups excluding carboxylic acids is 3. The van der Waals surface area contributed by atoms with E-state index in [1.165, 1.54) is 12.0 Å². The summed E-state index contributed by atoms with van der Waals surface area (Å²) < 4.78 is 5.21. The van der Waals surface area contributed by atoms with E-state index >= 15 is 0 Å². The molecule has 0 bridgehead atoms. The van der Waals surface area contributed by atoms with Gasteiger partial charge in [0.25, 0.3) is 5.91 Å². The molecule has 0 radical (unpaired) electrons. The number of ether oxygens (including phenoxy) is 1. The minimum absolute atomic E-state index is 0.209. The average molecular weight is 286 g/mol. The van der Waals surface area contributed by atoms with Crippen molar-refractivity contribution < 1.29 is 19.1 Å². The van der Waals surface area contributed by atoms with Gasteiger partial charge in [0.1, 0.15) is 11.8 Å². The second kappa shape index (κ2) is 4.73. The number of imide groups is 1. The Labute approximate surface area is 121 Å². The average Bonchev–Trinajstić information content (AvgIpc) is 2.72. The molecule has 0 aromatic heterocycles. The number of rotatable bonds is 2. The van der Waals surface area contributed by atoms with Crippen molar-refractivity contribution in [3.05, 3.63) is 35.9 Å². The molecule has 1 atom stereocenters. The highest BCUT2D eigenvalue weighted by Gasteiger charge is 2.42. The molecule has 3 rings (SSSR count). The van der Waals surface area contributed by atoms with Crippen LogP contribution in [0, 0.1) is 0 Å². The SMILES string of the molecule is C=C1c2cccc(OC)c2C(=O)N1C1CCC(=O)NC1=O. The van der Waals surface area contributed by atoms with Gasteiger partial charge >= 0.3 is 0 Å². The third-order valence-corrected chi connectivity index (χ3v) is 3.80. The maximum atomic E-state index is 12.6. The van der Waals surface area contributed by atoms with Crippen LogP contribution in [-0.4, -0.2) is 35.8 Å². The number of fused-ring (bicyclic) bond motifs is 1. The minimum atomic E-state index is -0.709. The monoisotopic (exact) mass is 286 g/mol. The highest BCUT2D eigenvalue weighted by atomic mass is 16.5. The van der Waals surface area contributed by atoms with E-state index < -0.39 is 11.9 Å². The fraction of sp³-hybridized carbons (Fsp3) is 0.267. The molecule has 1 N–H and O–H groups in total. The molecule has 0 saturated carbocycles. The number of benzene rings is 1. The third-order valence-electron chi connectivity index (χ3n) is 3.80.